The second-order valence-corrected chi connectivity index (χ2v) is 9.19. The molecule has 1 N–H and O–H groups in total. The van der Waals surface area contributed by atoms with Crippen molar-refractivity contribution < 1.29 is 5.11 Å². The van der Waals surface area contributed by atoms with Gasteiger partial charge < -0.3 is 5.11 Å². The van der Waals surface area contributed by atoms with Gasteiger partial charge in [-0.3, -0.25) is 0 Å². The van der Waals surface area contributed by atoms with Crippen LogP contribution in [0.3, 0.4) is 0 Å². The molecule has 0 bridgehead atoms. The van der Waals surface area contributed by atoms with Crippen molar-refractivity contribution in [2.75, 3.05) is 6.61 Å². The van der Waals surface area contributed by atoms with Crippen LogP contribution in [-0.2, 0) is 0 Å². The molecular formula is C20H31NO. The third-order valence-corrected chi connectivity index (χ3v) is 8.42. The van der Waals surface area contributed by atoms with E-state index >= 15 is 0 Å². The van der Waals surface area contributed by atoms with Crippen molar-refractivity contribution in [2.45, 2.75) is 64.7 Å². The van der Waals surface area contributed by atoms with Crippen molar-refractivity contribution in [3.63, 3.8) is 0 Å². The lowest BCUT2D eigenvalue weighted by Gasteiger charge is -2.55. The van der Waals surface area contributed by atoms with Crippen LogP contribution in [0.25, 0.3) is 0 Å². The zero-order valence-corrected chi connectivity index (χ0v) is 14.0. The molecule has 0 aliphatic heterocycles. The van der Waals surface area contributed by atoms with Gasteiger partial charge >= 0.3 is 0 Å². The zero-order chi connectivity index (χ0) is 15.3. The Labute approximate surface area is 135 Å². The highest BCUT2D eigenvalue weighted by molar-refractivity contribution is 5.09. The van der Waals surface area contributed by atoms with Crippen LogP contribution in [0.5, 0.6) is 0 Å². The van der Waals surface area contributed by atoms with Crippen LogP contribution < -0.4 is 0 Å². The van der Waals surface area contributed by atoms with Gasteiger partial charge in [0.25, 0.3) is 0 Å². The summed E-state index contributed by atoms with van der Waals surface area (Å²) in [5.74, 6) is 5.38. The highest BCUT2D eigenvalue weighted by Crippen LogP contribution is 2.63. The topological polar surface area (TPSA) is 44.0 Å². The number of nitrogens with zero attached hydrogens (tertiary/aromatic N) is 1. The summed E-state index contributed by atoms with van der Waals surface area (Å²) < 4.78 is 0. The first-order valence-corrected chi connectivity index (χ1v) is 9.66. The smallest absolute Gasteiger partial charge is 0.0661 e. The second-order valence-electron chi connectivity index (χ2n) is 9.19. The van der Waals surface area contributed by atoms with Crippen molar-refractivity contribution in [1.29, 1.82) is 5.26 Å². The van der Waals surface area contributed by atoms with Crippen LogP contribution in [-0.4, -0.2) is 11.7 Å². The van der Waals surface area contributed by atoms with E-state index in [-0.39, 0.29) is 0 Å². The van der Waals surface area contributed by atoms with E-state index in [9.17, 15) is 10.4 Å². The summed E-state index contributed by atoms with van der Waals surface area (Å²) in [4.78, 5) is 0. The lowest BCUT2D eigenvalue weighted by molar-refractivity contribution is -0.0549. The van der Waals surface area contributed by atoms with Crippen molar-refractivity contribution in [1.82, 2.24) is 0 Å². The van der Waals surface area contributed by atoms with Crippen LogP contribution in [0.15, 0.2) is 0 Å². The molecule has 0 aromatic rings. The summed E-state index contributed by atoms with van der Waals surface area (Å²) in [7, 11) is 0. The van der Waals surface area contributed by atoms with E-state index in [1.165, 1.54) is 51.4 Å². The average molecular weight is 301 g/mol. The fourth-order valence-electron chi connectivity index (χ4n) is 7.17. The predicted octanol–water partition coefficient (Wildman–Crippen LogP) is 4.39. The molecule has 0 amide bonds. The van der Waals surface area contributed by atoms with Crippen LogP contribution in [0, 0.1) is 58.2 Å². The number of hydrogen-bond acceptors (Lipinski definition) is 2. The minimum atomic E-state index is 0.321. The van der Waals surface area contributed by atoms with Crippen LogP contribution in [0.1, 0.15) is 64.7 Å². The molecule has 22 heavy (non-hydrogen) atoms. The average Bonchev–Trinajstić information content (AvgIpc) is 2.87. The van der Waals surface area contributed by atoms with E-state index in [0.29, 0.717) is 23.9 Å². The summed E-state index contributed by atoms with van der Waals surface area (Å²) in [5.41, 5.74) is 0.324. The minimum absolute atomic E-state index is 0.321. The fourth-order valence-corrected chi connectivity index (χ4v) is 7.17. The van der Waals surface area contributed by atoms with Gasteiger partial charge in [-0.2, -0.15) is 5.26 Å². The van der Waals surface area contributed by atoms with Crippen molar-refractivity contribution in [3.05, 3.63) is 0 Å². The molecular weight excluding hydrogens is 270 g/mol. The van der Waals surface area contributed by atoms with Gasteiger partial charge in [0.15, 0.2) is 0 Å². The first kappa shape index (κ1) is 15.0. The maximum Gasteiger partial charge on any atom is 0.0661 e. The third-order valence-electron chi connectivity index (χ3n) is 8.42. The Bertz CT molecular complexity index is 469. The molecule has 0 heterocycles. The molecule has 0 aromatic carbocycles. The lowest BCUT2D eigenvalue weighted by Crippen LogP contribution is -2.47. The van der Waals surface area contributed by atoms with Gasteiger partial charge in [0.05, 0.1) is 12.0 Å². The maximum absolute atomic E-state index is 9.54. The Balaban J connectivity index is 1.52. The highest BCUT2D eigenvalue weighted by Gasteiger charge is 2.55. The van der Waals surface area contributed by atoms with Gasteiger partial charge in [0, 0.05) is 6.61 Å². The van der Waals surface area contributed by atoms with Gasteiger partial charge in [0.1, 0.15) is 0 Å². The van der Waals surface area contributed by atoms with E-state index in [2.05, 4.69) is 13.0 Å². The Morgan fingerprint density at radius 1 is 1.00 bits per heavy atom. The first-order valence-electron chi connectivity index (χ1n) is 9.66. The van der Waals surface area contributed by atoms with E-state index in [1.54, 1.807) is 0 Å². The SMILES string of the molecule is C[C@@]12C[C@@H]3CC[C@H]4C[C@H](CO)CC[C@@H]4[C@H]3C[C@H]1CC[C@H]2C#N. The van der Waals surface area contributed by atoms with Crippen molar-refractivity contribution >= 4 is 0 Å². The Hall–Kier alpha value is -0.550. The lowest BCUT2D eigenvalue weighted by atomic mass is 9.50. The molecule has 2 nitrogen and oxygen atoms in total. The molecule has 4 aliphatic rings. The van der Waals surface area contributed by atoms with E-state index in [1.807, 2.05) is 0 Å². The van der Waals surface area contributed by atoms with Gasteiger partial charge in [-0.25, -0.2) is 0 Å². The quantitative estimate of drug-likeness (QED) is 0.780. The molecule has 0 radical (unpaired) electrons. The van der Waals surface area contributed by atoms with Crippen molar-refractivity contribution in [3.8, 4) is 6.07 Å². The van der Waals surface area contributed by atoms with Gasteiger partial charge in [-0.15, -0.1) is 0 Å². The van der Waals surface area contributed by atoms with Crippen LogP contribution in [0.4, 0.5) is 0 Å². The molecule has 2 heteroatoms. The monoisotopic (exact) mass is 301 g/mol. The molecule has 4 saturated carbocycles. The summed E-state index contributed by atoms with van der Waals surface area (Å²) in [6.07, 6.45) is 11.9. The molecule has 0 unspecified atom stereocenters. The number of nitriles is 1. The minimum Gasteiger partial charge on any atom is -0.396 e. The Kier molecular flexibility index (Phi) is 3.76. The summed E-state index contributed by atoms with van der Waals surface area (Å²) in [5, 5.41) is 19.0. The van der Waals surface area contributed by atoms with Crippen LogP contribution in [0.2, 0.25) is 0 Å². The third kappa shape index (κ3) is 2.15. The second kappa shape index (κ2) is 5.52. The molecule has 4 rings (SSSR count). The maximum atomic E-state index is 9.54. The predicted molar refractivity (Wildman–Crippen MR) is 86.8 cm³/mol. The number of fused-ring (bicyclic) bond motifs is 4. The highest BCUT2D eigenvalue weighted by atomic mass is 16.3. The number of aliphatic hydroxyl groups is 1. The van der Waals surface area contributed by atoms with Gasteiger partial charge in [0.2, 0.25) is 0 Å². The van der Waals surface area contributed by atoms with Gasteiger partial charge in [-0.05, 0) is 98.7 Å². The largest absolute Gasteiger partial charge is 0.396 e. The number of aliphatic hydroxyl groups excluding tert-OH is 1. The molecule has 8 atom stereocenters. The Morgan fingerprint density at radius 3 is 2.59 bits per heavy atom. The normalized spacial score (nSPS) is 54.0. The van der Waals surface area contributed by atoms with E-state index in [4.69, 9.17) is 0 Å². The standard InChI is InChI=1S/C20H31NO/c1-20-10-15-4-3-14-8-13(12-22)2-7-18(14)19(15)9-16(20)5-6-17(20)11-21/h13-19,22H,2-10,12H2,1H3/t13-,14+,15+,16-,17+,18+,19+,20-/m1/s1. The molecule has 0 spiro atoms. The van der Waals surface area contributed by atoms with E-state index in [0.717, 1.165) is 36.0 Å². The first-order chi connectivity index (χ1) is 10.7. The van der Waals surface area contributed by atoms with Crippen LogP contribution >= 0.6 is 0 Å². The van der Waals surface area contributed by atoms with Gasteiger partial charge in [-0.1, -0.05) is 6.92 Å². The number of hydrogen-bond donors (Lipinski definition) is 1. The molecule has 0 saturated heterocycles. The zero-order valence-electron chi connectivity index (χ0n) is 14.0. The summed E-state index contributed by atoms with van der Waals surface area (Å²) >= 11 is 0. The Morgan fingerprint density at radius 2 is 1.82 bits per heavy atom. The molecule has 4 aliphatic carbocycles. The van der Waals surface area contributed by atoms with Crippen molar-refractivity contribution in [2.24, 2.45) is 46.8 Å². The number of rotatable bonds is 1. The molecule has 4 fully saturated rings. The summed E-state index contributed by atoms with van der Waals surface area (Å²) in [6.45, 7) is 2.84. The molecule has 0 aromatic heterocycles. The summed E-state index contributed by atoms with van der Waals surface area (Å²) in [6, 6.07) is 2.64. The van der Waals surface area contributed by atoms with E-state index < -0.39 is 0 Å². The molecule has 122 valence electrons. The fraction of sp³-hybridized carbons (Fsp3) is 0.950.